The maximum absolute atomic E-state index is 13.7. The van der Waals surface area contributed by atoms with Gasteiger partial charge in [0, 0.05) is 63.3 Å². The van der Waals surface area contributed by atoms with Gasteiger partial charge in [0.25, 0.3) is 5.91 Å². The second-order valence-corrected chi connectivity index (χ2v) is 9.97. The zero-order valence-electron chi connectivity index (χ0n) is 21.6. The third-order valence-electron chi connectivity index (χ3n) is 7.55. The number of aromatic nitrogens is 2. The van der Waals surface area contributed by atoms with Crippen molar-refractivity contribution in [3.05, 3.63) is 47.9 Å². The number of hydrogen-bond acceptors (Lipinski definition) is 9. The first kappa shape index (κ1) is 27.6. The van der Waals surface area contributed by atoms with Gasteiger partial charge in [0.15, 0.2) is 5.92 Å². The Morgan fingerprint density at radius 1 is 1.15 bits per heavy atom. The second kappa shape index (κ2) is 11.6. The second-order valence-electron chi connectivity index (χ2n) is 9.97. The molecular formula is C26H29F3N8O3. The molecule has 0 bridgehead atoms. The molecule has 2 aromatic rings. The minimum Gasteiger partial charge on any atom is -0.492 e. The molecule has 3 saturated heterocycles. The summed E-state index contributed by atoms with van der Waals surface area (Å²) in [5.41, 5.74) is 5.37. The van der Waals surface area contributed by atoms with E-state index in [1.165, 1.54) is 12.4 Å². The summed E-state index contributed by atoms with van der Waals surface area (Å²) in [6.07, 6.45) is -0.334. The van der Waals surface area contributed by atoms with Gasteiger partial charge in [-0.15, -0.1) is 0 Å². The summed E-state index contributed by atoms with van der Waals surface area (Å²) in [7, 11) is 0. The Bertz CT molecular complexity index is 1260. The van der Waals surface area contributed by atoms with E-state index in [2.05, 4.69) is 20.8 Å². The fourth-order valence-corrected chi connectivity index (χ4v) is 5.51. The molecule has 5 heterocycles. The molecular weight excluding hydrogens is 529 g/mol. The lowest BCUT2D eigenvalue weighted by molar-refractivity contribution is -0.201. The Hall–Kier alpha value is -3.96. The van der Waals surface area contributed by atoms with Crippen molar-refractivity contribution in [1.29, 1.82) is 5.26 Å². The Balaban J connectivity index is 1.18. The molecule has 40 heavy (non-hydrogen) atoms. The molecule has 2 aromatic heterocycles. The molecule has 11 nitrogen and oxygen atoms in total. The molecule has 0 radical (unpaired) electrons. The zero-order valence-corrected chi connectivity index (χ0v) is 21.6. The third-order valence-corrected chi connectivity index (χ3v) is 7.55. The number of piperazine rings is 1. The van der Waals surface area contributed by atoms with Crippen LogP contribution >= 0.6 is 0 Å². The van der Waals surface area contributed by atoms with Crippen molar-refractivity contribution in [3.8, 4) is 11.8 Å². The quantitative estimate of drug-likeness (QED) is 0.540. The first-order chi connectivity index (χ1) is 19.2. The maximum Gasteiger partial charge on any atom is 0.402 e. The largest absolute Gasteiger partial charge is 0.492 e. The molecule has 0 aliphatic carbocycles. The van der Waals surface area contributed by atoms with E-state index >= 15 is 0 Å². The normalized spacial score (nSPS) is 23.9. The van der Waals surface area contributed by atoms with E-state index in [4.69, 9.17) is 10.00 Å². The molecule has 2 amide bonds. The minimum atomic E-state index is -4.66. The van der Waals surface area contributed by atoms with Crippen LogP contribution in [0.3, 0.4) is 0 Å². The molecule has 0 spiro atoms. The third kappa shape index (κ3) is 5.95. The Labute approximate surface area is 228 Å². The first-order valence-corrected chi connectivity index (χ1v) is 13.1. The number of nitriles is 1. The van der Waals surface area contributed by atoms with Gasteiger partial charge in [-0.05, 0) is 37.6 Å². The lowest BCUT2D eigenvalue weighted by Gasteiger charge is -2.40. The summed E-state index contributed by atoms with van der Waals surface area (Å²) in [6.45, 7) is 2.62. The van der Waals surface area contributed by atoms with Crippen LogP contribution in [-0.4, -0.2) is 95.7 Å². The van der Waals surface area contributed by atoms with Crippen LogP contribution in [0, 0.1) is 17.2 Å². The van der Waals surface area contributed by atoms with Crippen molar-refractivity contribution in [3.63, 3.8) is 0 Å². The number of carbonyl (C=O) groups excluding carboxylic acids is 2. The Morgan fingerprint density at radius 3 is 2.65 bits per heavy atom. The van der Waals surface area contributed by atoms with Crippen LogP contribution in [0.25, 0.3) is 0 Å². The standard InChI is InChI=1S/C26H29F3N8O3/c27-26(28,29)23-21(15-33-34-24(23)38)37-7-1-2-18(37)16-40-19-5-6-31-20(12-19)25(39)36-10-8-35(9-11-36)22-4-3-17(13-30)14-32-22/h3-6,12,14,18,21,23,33H,1-2,7-11,15-16H2,(H,34,38)/t18-,21?,23?/m0/s1. The summed E-state index contributed by atoms with van der Waals surface area (Å²) >= 11 is 0. The minimum absolute atomic E-state index is 0.0190. The number of amides is 2. The smallest absolute Gasteiger partial charge is 0.402 e. The van der Waals surface area contributed by atoms with Gasteiger partial charge >= 0.3 is 6.18 Å². The van der Waals surface area contributed by atoms with E-state index in [0.29, 0.717) is 56.9 Å². The van der Waals surface area contributed by atoms with Crippen molar-refractivity contribution in [2.24, 2.45) is 5.92 Å². The predicted molar refractivity (Wildman–Crippen MR) is 136 cm³/mol. The number of carbonyl (C=O) groups is 2. The first-order valence-electron chi connectivity index (χ1n) is 13.1. The fraction of sp³-hybridized carbons (Fsp3) is 0.500. The summed E-state index contributed by atoms with van der Waals surface area (Å²) < 4.78 is 47.0. The highest BCUT2D eigenvalue weighted by Gasteiger charge is 2.54. The van der Waals surface area contributed by atoms with Gasteiger partial charge in [0.1, 0.15) is 29.9 Å². The number of nitrogens with zero attached hydrogens (tertiary/aromatic N) is 6. The number of nitrogens with one attached hydrogen (secondary N) is 2. The highest BCUT2D eigenvalue weighted by atomic mass is 19.4. The molecule has 3 aliphatic rings. The number of halogens is 3. The van der Waals surface area contributed by atoms with Crippen molar-refractivity contribution < 1.29 is 27.5 Å². The van der Waals surface area contributed by atoms with E-state index in [-0.39, 0.29) is 30.8 Å². The highest BCUT2D eigenvalue weighted by Crippen LogP contribution is 2.35. The molecule has 0 aromatic carbocycles. The van der Waals surface area contributed by atoms with Crippen LogP contribution < -0.4 is 20.5 Å². The van der Waals surface area contributed by atoms with E-state index in [1.54, 1.807) is 34.1 Å². The number of hydrogen-bond donors (Lipinski definition) is 2. The molecule has 3 fully saturated rings. The molecule has 3 aliphatic heterocycles. The fourth-order valence-electron chi connectivity index (χ4n) is 5.51. The number of hydrazine groups is 1. The van der Waals surface area contributed by atoms with Gasteiger partial charge in [-0.3, -0.25) is 24.9 Å². The SMILES string of the molecule is N#Cc1ccc(N2CCN(C(=O)c3cc(OC[C@@H]4CCCN4C4CNNC(=O)C4C(F)(F)F)ccn3)CC2)nc1. The number of pyridine rings is 2. The lowest BCUT2D eigenvalue weighted by atomic mass is 9.94. The lowest BCUT2D eigenvalue weighted by Crippen LogP contribution is -2.65. The van der Waals surface area contributed by atoms with Gasteiger partial charge in [-0.25, -0.2) is 10.4 Å². The predicted octanol–water partition coefficient (Wildman–Crippen LogP) is 1.34. The van der Waals surface area contributed by atoms with Crippen LogP contribution in [0.15, 0.2) is 36.7 Å². The van der Waals surface area contributed by atoms with Crippen LogP contribution in [-0.2, 0) is 4.79 Å². The van der Waals surface area contributed by atoms with Crippen LogP contribution in [0.5, 0.6) is 5.75 Å². The van der Waals surface area contributed by atoms with E-state index in [9.17, 15) is 22.8 Å². The number of anilines is 1. The maximum atomic E-state index is 13.7. The highest BCUT2D eigenvalue weighted by molar-refractivity contribution is 5.92. The van der Waals surface area contributed by atoms with Gasteiger partial charge in [-0.2, -0.15) is 18.4 Å². The van der Waals surface area contributed by atoms with Crippen molar-refractivity contribution >= 4 is 17.6 Å². The van der Waals surface area contributed by atoms with Gasteiger partial charge in [0.2, 0.25) is 5.91 Å². The average Bonchev–Trinajstić information content (AvgIpc) is 3.44. The summed E-state index contributed by atoms with van der Waals surface area (Å²) in [4.78, 5) is 39.1. The number of likely N-dealkylation sites (tertiary alicyclic amines) is 1. The Kier molecular flexibility index (Phi) is 8.04. The molecule has 212 valence electrons. The number of alkyl halides is 3. The number of rotatable bonds is 6. The monoisotopic (exact) mass is 558 g/mol. The van der Waals surface area contributed by atoms with E-state index in [1.807, 2.05) is 11.0 Å². The van der Waals surface area contributed by atoms with Crippen molar-refractivity contribution in [2.45, 2.75) is 31.1 Å². The zero-order chi connectivity index (χ0) is 28.3. The van der Waals surface area contributed by atoms with E-state index < -0.39 is 24.0 Å². The summed E-state index contributed by atoms with van der Waals surface area (Å²) in [6, 6.07) is 7.35. The Morgan fingerprint density at radius 2 is 1.95 bits per heavy atom. The van der Waals surface area contributed by atoms with Gasteiger partial charge in [0.05, 0.1) is 5.56 Å². The average molecular weight is 559 g/mol. The molecule has 0 saturated carbocycles. The summed E-state index contributed by atoms with van der Waals surface area (Å²) in [5, 5.41) is 8.94. The van der Waals surface area contributed by atoms with Crippen LogP contribution in [0.2, 0.25) is 0 Å². The van der Waals surface area contributed by atoms with Crippen molar-refractivity contribution in [2.75, 3.05) is 50.8 Å². The van der Waals surface area contributed by atoms with Crippen molar-refractivity contribution in [1.82, 2.24) is 30.6 Å². The summed E-state index contributed by atoms with van der Waals surface area (Å²) in [5.74, 6) is -2.30. The number of ether oxygens (including phenoxy) is 1. The molecule has 2 N–H and O–H groups in total. The van der Waals surface area contributed by atoms with Crippen LogP contribution in [0.1, 0.15) is 28.9 Å². The molecule has 3 atom stereocenters. The van der Waals surface area contributed by atoms with Gasteiger partial charge in [-0.1, -0.05) is 0 Å². The molecule has 5 rings (SSSR count). The molecule has 14 heteroatoms. The molecule has 2 unspecified atom stereocenters. The van der Waals surface area contributed by atoms with Gasteiger partial charge < -0.3 is 14.5 Å². The van der Waals surface area contributed by atoms with E-state index in [0.717, 1.165) is 5.82 Å². The van der Waals surface area contributed by atoms with Crippen LogP contribution in [0.4, 0.5) is 19.0 Å². The topological polar surface area (TPSA) is 127 Å².